The molecule has 0 spiro atoms. The molecule has 1 aromatic carbocycles. The van der Waals surface area contributed by atoms with Gasteiger partial charge in [-0.3, -0.25) is 0 Å². The first-order valence-electron chi connectivity index (χ1n) is 9.62. The molecule has 1 aromatic rings. The van der Waals surface area contributed by atoms with Gasteiger partial charge in [-0.25, -0.2) is 0 Å². The van der Waals surface area contributed by atoms with Crippen molar-refractivity contribution in [2.75, 3.05) is 0 Å². The third-order valence-electron chi connectivity index (χ3n) is 5.00. The van der Waals surface area contributed by atoms with Crippen molar-refractivity contribution in [3.63, 3.8) is 0 Å². The lowest BCUT2D eigenvalue weighted by molar-refractivity contribution is 0.270. The maximum atomic E-state index is 6.62. The second-order valence-electron chi connectivity index (χ2n) is 10.1. The second kappa shape index (κ2) is 8.65. The Labute approximate surface area is 159 Å². The standard InChI is InChI=1S/C20H40O2Si3/c1-20(2,3)25(9,21-18-19-14-11-10-12-15-19)17-13-16-24(7,8)22-23(4,5)6/h10-12,14-15H,13,16-18H2,1-9H3. The summed E-state index contributed by atoms with van der Waals surface area (Å²) in [7, 11) is -4.81. The Morgan fingerprint density at radius 1 is 0.840 bits per heavy atom. The van der Waals surface area contributed by atoms with Crippen LogP contribution in [0.15, 0.2) is 30.3 Å². The fourth-order valence-corrected chi connectivity index (χ4v) is 14.3. The molecule has 5 heteroatoms. The van der Waals surface area contributed by atoms with Crippen LogP contribution in [0.4, 0.5) is 0 Å². The van der Waals surface area contributed by atoms with E-state index in [4.69, 9.17) is 8.54 Å². The fourth-order valence-electron chi connectivity index (χ4n) is 3.21. The molecule has 2 nitrogen and oxygen atoms in total. The molecule has 0 radical (unpaired) electrons. The van der Waals surface area contributed by atoms with Crippen LogP contribution < -0.4 is 0 Å². The van der Waals surface area contributed by atoms with E-state index < -0.39 is 25.0 Å². The molecule has 0 amide bonds. The van der Waals surface area contributed by atoms with Crippen molar-refractivity contribution in [3.05, 3.63) is 35.9 Å². The van der Waals surface area contributed by atoms with Gasteiger partial charge in [0.05, 0.1) is 6.61 Å². The Morgan fingerprint density at radius 3 is 1.88 bits per heavy atom. The van der Waals surface area contributed by atoms with E-state index in [9.17, 15) is 0 Å². The molecule has 0 saturated heterocycles. The van der Waals surface area contributed by atoms with Crippen molar-refractivity contribution in [2.24, 2.45) is 0 Å². The molecule has 0 aromatic heterocycles. The van der Waals surface area contributed by atoms with Gasteiger partial charge in [-0.1, -0.05) is 57.5 Å². The highest BCUT2D eigenvalue weighted by Crippen LogP contribution is 2.41. The minimum Gasteiger partial charge on any atom is -0.456 e. The zero-order chi connectivity index (χ0) is 19.4. The predicted molar refractivity (Wildman–Crippen MR) is 119 cm³/mol. The molecule has 1 unspecified atom stereocenters. The van der Waals surface area contributed by atoms with Gasteiger partial charge in [0.1, 0.15) is 0 Å². The first kappa shape index (κ1) is 22.8. The van der Waals surface area contributed by atoms with Crippen LogP contribution in [0.2, 0.25) is 56.4 Å². The SMILES string of the molecule is CC(C)(C)[Si](C)(CCC[Si](C)(C)O[Si](C)(C)C)OCc1ccccc1. The molecule has 0 bridgehead atoms. The van der Waals surface area contributed by atoms with Gasteiger partial charge < -0.3 is 8.54 Å². The Kier molecular flexibility index (Phi) is 7.90. The maximum absolute atomic E-state index is 6.62. The highest BCUT2D eigenvalue weighted by Gasteiger charge is 2.42. The first-order valence-corrected chi connectivity index (χ1v) is 18.8. The molecule has 1 rings (SSSR count). The van der Waals surface area contributed by atoms with Crippen LogP contribution in [0.1, 0.15) is 32.8 Å². The van der Waals surface area contributed by atoms with Gasteiger partial charge in [-0.05, 0) is 62.0 Å². The van der Waals surface area contributed by atoms with Crippen LogP contribution in [0.25, 0.3) is 0 Å². The summed E-state index contributed by atoms with van der Waals surface area (Å²) in [6.45, 7) is 21.9. The van der Waals surface area contributed by atoms with E-state index in [-0.39, 0.29) is 5.04 Å². The Morgan fingerprint density at radius 2 is 1.40 bits per heavy atom. The summed E-state index contributed by atoms with van der Waals surface area (Å²) < 4.78 is 13.1. The average molecular weight is 397 g/mol. The molecule has 0 N–H and O–H groups in total. The van der Waals surface area contributed by atoms with Gasteiger partial charge in [0, 0.05) is 0 Å². The maximum Gasteiger partial charge on any atom is 0.195 e. The number of benzene rings is 1. The van der Waals surface area contributed by atoms with Gasteiger partial charge in [-0.15, -0.1) is 0 Å². The Bertz CT molecular complexity index is 518. The lowest BCUT2D eigenvalue weighted by Crippen LogP contribution is -2.45. The quantitative estimate of drug-likeness (QED) is 0.417. The lowest BCUT2D eigenvalue weighted by Gasteiger charge is -2.40. The molecule has 0 aliphatic rings. The minimum atomic E-state index is -1.81. The van der Waals surface area contributed by atoms with E-state index in [1.165, 1.54) is 24.1 Å². The van der Waals surface area contributed by atoms with Crippen molar-refractivity contribution < 1.29 is 8.54 Å². The van der Waals surface area contributed by atoms with E-state index in [0.29, 0.717) is 0 Å². The van der Waals surface area contributed by atoms with Crippen molar-refractivity contribution in [1.82, 2.24) is 0 Å². The van der Waals surface area contributed by atoms with Crippen LogP contribution in [-0.2, 0) is 15.1 Å². The summed E-state index contributed by atoms with van der Waals surface area (Å²) >= 11 is 0. The highest BCUT2D eigenvalue weighted by molar-refractivity contribution is 6.84. The van der Waals surface area contributed by atoms with E-state index >= 15 is 0 Å². The van der Waals surface area contributed by atoms with Crippen LogP contribution in [0.3, 0.4) is 0 Å². The summed E-state index contributed by atoms with van der Waals surface area (Å²) in [6.07, 6.45) is 1.23. The van der Waals surface area contributed by atoms with Gasteiger partial charge >= 0.3 is 0 Å². The lowest BCUT2D eigenvalue weighted by atomic mass is 10.2. The van der Waals surface area contributed by atoms with Crippen molar-refractivity contribution in [1.29, 1.82) is 0 Å². The molecular formula is C20H40O2Si3. The van der Waals surface area contributed by atoms with Crippen molar-refractivity contribution in [2.45, 2.75) is 90.2 Å². The largest absolute Gasteiger partial charge is 0.456 e. The number of hydrogen-bond donors (Lipinski definition) is 0. The summed E-state index contributed by atoms with van der Waals surface area (Å²) in [5.41, 5.74) is 1.28. The normalized spacial score (nSPS) is 15.9. The molecule has 0 aliphatic carbocycles. The van der Waals surface area contributed by atoms with Crippen LogP contribution >= 0.6 is 0 Å². The van der Waals surface area contributed by atoms with E-state index in [1.807, 2.05) is 0 Å². The summed E-state index contributed by atoms with van der Waals surface area (Å²) in [5.74, 6) is 0. The van der Waals surface area contributed by atoms with Crippen LogP contribution in [0, 0.1) is 0 Å². The molecular weight excluding hydrogens is 356 g/mol. The topological polar surface area (TPSA) is 18.5 Å². The molecule has 0 saturated carbocycles. The van der Waals surface area contributed by atoms with Gasteiger partial charge in [0.15, 0.2) is 25.0 Å². The summed E-state index contributed by atoms with van der Waals surface area (Å²) in [6, 6.07) is 13.0. The number of rotatable bonds is 9. The predicted octanol–water partition coefficient (Wildman–Crippen LogP) is 7.03. The van der Waals surface area contributed by atoms with Crippen molar-refractivity contribution >= 4 is 25.0 Å². The first-order chi connectivity index (χ1) is 11.2. The highest BCUT2D eigenvalue weighted by atomic mass is 28.4. The van der Waals surface area contributed by atoms with Gasteiger partial charge in [0.25, 0.3) is 0 Å². The second-order valence-corrected chi connectivity index (χ2v) is 23.9. The number of hydrogen-bond acceptors (Lipinski definition) is 2. The average Bonchev–Trinajstić information content (AvgIpc) is 2.42. The Balaban J connectivity index is 2.67. The van der Waals surface area contributed by atoms with Gasteiger partial charge in [-0.2, -0.15) is 0 Å². The Hall–Kier alpha value is -0.209. The van der Waals surface area contributed by atoms with Gasteiger partial charge in [0.2, 0.25) is 0 Å². The molecule has 144 valence electrons. The smallest absolute Gasteiger partial charge is 0.195 e. The van der Waals surface area contributed by atoms with E-state index in [1.54, 1.807) is 0 Å². The monoisotopic (exact) mass is 396 g/mol. The zero-order valence-corrected chi connectivity index (χ0v) is 21.0. The van der Waals surface area contributed by atoms with E-state index in [2.05, 4.69) is 90.4 Å². The third-order valence-corrected chi connectivity index (χ3v) is 16.5. The third kappa shape index (κ3) is 8.35. The molecule has 1 atom stereocenters. The van der Waals surface area contributed by atoms with Crippen molar-refractivity contribution in [3.8, 4) is 0 Å². The van der Waals surface area contributed by atoms with Crippen LogP contribution in [-0.4, -0.2) is 25.0 Å². The summed E-state index contributed by atoms with van der Waals surface area (Å²) in [5, 5.41) is 0.243. The van der Waals surface area contributed by atoms with E-state index in [0.717, 1.165) is 6.61 Å². The molecule has 0 heterocycles. The zero-order valence-electron chi connectivity index (χ0n) is 18.0. The minimum absolute atomic E-state index is 0.243. The summed E-state index contributed by atoms with van der Waals surface area (Å²) in [4.78, 5) is 0. The fraction of sp³-hybridized carbons (Fsp3) is 0.700. The molecule has 0 fully saturated rings. The van der Waals surface area contributed by atoms with Crippen LogP contribution in [0.5, 0.6) is 0 Å². The molecule has 25 heavy (non-hydrogen) atoms. The molecule has 0 aliphatic heterocycles.